The lowest BCUT2D eigenvalue weighted by Crippen LogP contribution is -2.04. The predicted molar refractivity (Wildman–Crippen MR) is 57.6 cm³/mol. The molecule has 0 aromatic carbocycles. The number of aromatic nitrogens is 2. The highest BCUT2D eigenvalue weighted by Crippen LogP contribution is 2.23. The molecule has 1 N–H and O–H groups in total. The Balaban J connectivity index is 2.90. The van der Waals surface area contributed by atoms with Crippen molar-refractivity contribution in [2.75, 3.05) is 0 Å². The maximum atomic E-state index is 9.83. The largest absolute Gasteiger partial charge is 0.504 e. The second-order valence-corrected chi connectivity index (χ2v) is 3.53. The maximum Gasteiger partial charge on any atom is 0.160 e. The Hall–Kier alpha value is -0.990. The van der Waals surface area contributed by atoms with Crippen LogP contribution in [-0.4, -0.2) is 14.9 Å². The van der Waals surface area contributed by atoms with Crippen LogP contribution in [0.2, 0.25) is 0 Å². The molecule has 1 heterocycles. The average molecular weight is 196 g/mol. The lowest BCUT2D eigenvalue weighted by molar-refractivity contribution is 0.458. The van der Waals surface area contributed by atoms with Gasteiger partial charge in [0.05, 0.1) is 5.69 Å². The summed E-state index contributed by atoms with van der Waals surface area (Å²) in [5, 5.41) is 14.2. The number of hydrogen-bond donors (Lipinski definition) is 1. The minimum Gasteiger partial charge on any atom is -0.504 e. The summed E-state index contributed by atoms with van der Waals surface area (Å²) in [5.74, 6) is 0.408. The van der Waals surface area contributed by atoms with E-state index in [0.717, 1.165) is 43.6 Å². The quantitative estimate of drug-likeness (QED) is 0.785. The van der Waals surface area contributed by atoms with Crippen LogP contribution in [0.4, 0.5) is 0 Å². The highest BCUT2D eigenvalue weighted by molar-refractivity contribution is 5.32. The molecule has 0 bridgehead atoms. The van der Waals surface area contributed by atoms with Gasteiger partial charge >= 0.3 is 0 Å². The number of hydrogen-bond acceptors (Lipinski definition) is 2. The van der Waals surface area contributed by atoms with Crippen molar-refractivity contribution in [1.82, 2.24) is 9.78 Å². The highest BCUT2D eigenvalue weighted by Gasteiger charge is 2.13. The SMILES string of the molecule is CCCCn1nc(CC)c(O)c1CC. The molecule has 14 heavy (non-hydrogen) atoms. The molecule has 1 rings (SSSR count). The molecule has 80 valence electrons. The second-order valence-electron chi connectivity index (χ2n) is 3.53. The molecule has 0 aliphatic heterocycles. The number of unbranched alkanes of at least 4 members (excludes halogenated alkanes) is 1. The fraction of sp³-hybridized carbons (Fsp3) is 0.727. The van der Waals surface area contributed by atoms with E-state index in [1.807, 2.05) is 11.6 Å². The summed E-state index contributed by atoms with van der Waals surface area (Å²) in [7, 11) is 0. The standard InChI is InChI=1S/C11H20N2O/c1-4-7-8-13-10(6-3)11(14)9(5-2)12-13/h14H,4-8H2,1-3H3. The van der Waals surface area contributed by atoms with Crippen LogP contribution in [0, 0.1) is 0 Å². The molecule has 0 fully saturated rings. The third kappa shape index (κ3) is 2.08. The van der Waals surface area contributed by atoms with Gasteiger partial charge in [-0.3, -0.25) is 4.68 Å². The van der Waals surface area contributed by atoms with Crippen molar-refractivity contribution in [2.24, 2.45) is 0 Å². The van der Waals surface area contributed by atoms with Crippen LogP contribution < -0.4 is 0 Å². The zero-order chi connectivity index (χ0) is 10.6. The predicted octanol–water partition coefficient (Wildman–Crippen LogP) is 2.51. The Morgan fingerprint density at radius 2 is 1.93 bits per heavy atom. The van der Waals surface area contributed by atoms with E-state index in [1.165, 1.54) is 0 Å². The molecule has 3 heteroatoms. The van der Waals surface area contributed by atoms with Crippen molar-refractivity contribution in [3.8, 4) is 5.75 Å². The summed E-state index contributed by atoms with van der Waals surface area (Å²) in [6, 6.07) is 0. The monoisotopic (exact) mass is 196 g/mol. The van der Waals surface area contributed by atoms with E-state index in [2.05, 4.69) is 18.9 Å². The normalized spacial score (nSPS) is 10.8. The smallest absolute Gasteiger partial charge is 0.160 e. The Morgan fingerprint density at radius 3 is 2.43 bits per heavy atom. The topological polar surface area (TPSA) is 38.0 Å². The summed E-state index contributed by atoms with van der Waals surface area (Å²) in [6.45, 7) is 7.16. The van der Waals surface area contributed by atoms with Gasteiger partial charge in [-0.1, -0.05) is 27.2 Å². The van der Waals surface area contributed by atoms with Gasteiger partial charge < -0.3 is 5.11 Å². The molecule has 0 amide bonds. The van der Waals surface area contributed by atoms with E-state index in [1.54, 1.807) is 0 Å². The van der Waals surface area contributed by atoms with Crippen molar-refractivity contribution in [3.63, 3.8) is 0 Å². The molecule has 0 aliphatic rings. The van der Waals surface area contributed by atoms with E-state index in [9.17, 15) is 5.11 Å². The van der Waals surface area contributed by atoms with Crippen LogP contribution in [0.3, 0.4) is 0 Å². The molecule has 1 aromatic heterocycles. The van der Waals surface area contributed by atoms with Gasteiger partial charge in [-0.25, -0.2) is 0 Å². The van der Waals surface area contributed by atoms with E-state index >= 15 is 0 Å². The summed E-state index contributed by atoms with van der Waals surface area (Å²) in [4.78, 5) is 0. The second kappa shape index (κ2) is 5.03. The summed E-state index contributed by atoms with van der Waals surface area (Å²) >= 11 is 0. The number of aryl methyl sites for hydroxylation is 2. The molecule has 0 spiro atoms. The minimum atomic E-state index is 0.408. The maximum absolute atomic E-state index is 9.83. The lowest BCUT2D eigenvalue weighted by atomic mass is 10.2. The van der Waals surface area contributed by atoms with Crippen molar-refractivity contribution < 1.29 is 5.11 Å². The van der Waals surface area contributed by atoms with Gasteiger partial charge in [0.25, 0.3) is 0 Å². The zero-order valence-electron chi connectivity index (χ0n) is 9.38. The first kappa shape index (κ1) is 11.1. The van der Waals surface area contributed by atoms with Crippen LogP contribution in [0.15, 0.2) is 0 Å². The van der Waals surface area contributed by atoms with Gasteiger partial charge in [0.1, 0.15) is 5.69 Å². The molecule has 0 saturated carbocycles. The van der Waals surface area contributed by atoms with E-state index in [-0.39, 0.29) is 0 Å². The molecule has 1 aromatic rings. The molecule has 3 nitrogen and oxygen atoms in total. The molecule has 0 unspecified atom stereocenters. The van der Waals surface area contributed by atoms with Crippen molar-refractivity contribution >= 4 is 0 Å². The summed E-state index contributed by atoms with van der Waals surface area (Å²) in [5.41, 5.74) is 1.81. The first-order valence-corrected chi connectivity index (χ1v) is 5.52. The van der Waals surface area contributed by atoms with Crippen LogP contribution in [0.25, 0.3) is 0 Å². The molecular weight excluding hydrogens is 176 g/mol. The van der Waals surface area contributed by atoms with Crippen LogP contribution >= 0.6 is 0 Å². The average Bonchev–Trinajstić information content (AvgIpc) is 2.51. The number of rotatable bonds is 5. The van der Waals surface area contributed by atoms with E-state index in [0.29, 0.717) is 5.75 Å². The van der Waals surface area contributed by atoms with Crippen LogP contribution in [-0.2, 0) is 19.4 Å². The van der Waals surface area contributed by atoms with Gasteiger partial charge in [0, 0.05) is 6.54 Å². The van der Waals surface area contributed by atoms with E-state index < -0.39 is 0 Å². The van der Waals surface area contributed by atoms with Crippen LogP contribution in [0.5, 0.6) is 5.75 Å². The third-order valence-corrected chi connectivity index (χ3v) is 2.49. The van der Waals surface area contributed by atoms with Crippen molar-refractivity contribution in [2.45, 2.75) is 53.0 Å². The van der Waals surface area contributed by atoms with Crippen LogP contribution in [0.1, 0.15) is 45.0 Å². The first-order valence-electron chi connectivity index (χ1n) is 5.52. The number of aromatic hydroxyl groups is 1. The van der Waals surface area contributed by atoms with Gasteiger partial charge in [0.15, 0.2) is 5.75 Å². The highest BCUT2D eigenvalue weighted by atomic mass is 16.3. The molecule has 0 atom stereocenters. The minimum absolute atomic E-state index is 0.408. The first-order chi connectivity index (χ1) is 6.74. The molecule has 0 radical (unpaired) electrons. The van der Waals surface area contributed by atoms with Crippen molar-refractivity contribution in [3.05, 3.63) is 11.4 Å². The van der Waals surface area contributed by atoms with Gasteiger partial charge in [0.2, 0.25) is 0 Å². The molecular formula is C11H20N2O. The Bertz CT molecular complexity index is 292. The lowest BCUT2D eigenvalue weighted by Gasteiger charge is -2.03. The molecule has 0 aliphatic carbocycles. The zero-order valence-corrected chi connectivity index (χ0v) is 9.38. The fourth-order valence-electron chi connectivity index (χ4n) is 1.62. The Morgan fingerprint density at radius 1 is 1.21 bits per heavy atom. The molecule has 0 saturated heterocycles. The fourth-order valence-corrected chi connectivity index (χ4v) is 1.62. The number of nitrogens with zero attached hydrogens (tertiary/aromatic N) is 2. The summed E-state index contributed by atoms with van der Waals surface area (Å²) in [6.07, 6.45) is 3.93. The van der Waals surface area contributed by atoms with Gasteiger partial charge in [-0.05, 0) is 19.3 Å². The Kier molecular flexibility index (Phi) is 3.98. The van der Waals surface area contributed by atoms with E-state index in [4.69, 9.17) is 0 Å². The third-order valence-electron chi connectivity index (χ3n) is 2.49. The Labute approximate surface area is 85.8 Å². The van der Waals surface area contributed by atoms with Gasteiger partial charge in [-0.2, -0.15) is 5.10 Å². The van der Waals surface area contributed by atoms with Gasteiger partial charge in [-0.15, -0.1) is 0 Å². The summed E-state index contributed by atoms with van der Waals surface area (Å²) < 4.78 is 1.96. The van der Waals surface area contributed by atoms with Crippen molar-refractivity contribution in [1.29, 1.82) is 0 Å².